The summed E-state index contributed by atoms with van der Waals surface area (Å²) in [5.41, 5.74) is 0.677. The van der Waals surface area contributed by atoms with Crippen LogP contribution >= 0.6 is 11.6 Å². The zero-order valence-electron chi connectivity index (χ0n) is 15.2. The second kappa shape index (κ2) is 10.6. The first-order valence-electron chi connectivity index (χ1n) is 8.65. The molecule has 0 spiro atoms. The highest BCUT2D eigenvalue weighted by Crippen LogP contribution is 2.20. The molecule has 0 saturated carbocycles. The van der Waals surface area contributed by atoms with Gasteiger partial charge in [0, 0.05) is 25.2 Å². The minimum atomic E-state index is -0.863. The van der Waals surface area contributed by atoms with Crippen LogP contribution in [0, 0.1) is 5.82 Å². The smallest absolute Gasteiger partial charge is 0.289 e. The fourth-order valence-corrected chi connectivity index (χ4v) is 2.24. The van der Waals surface area contributed by atoms with Crippen molar-refractivity contribution in [3.8, 4) is 5.75 Å². The minimum absolute atomic E-state index is 0.0185. The van der Waals surface area contributed by atoms with Gasteiger partial charge in [-0.3, -0.25) is 9.59 Å². The summed E-state index contributed by atoms with van der Waals surface area (Å²) in [7, 11) is 0. The van der Waals surface area contributed by atoms with Crippen LogP contribution < -0.4 is 15.4 Å². The van der Waals surface area contributed by atoms with Crippen molar-refractivity contribution in [2.45, 2.75) is 25.9 Å². The van der Waals surface area contributed by atoms with Crippen molar-refractivity contribution in [3.05, 3.63) is 46.6 Å². The van der Waals surface area contributed by atoms with Crippen LogP contribution in [0.25, 0.3) is 0 Å². The zero-order chi connectivity index (χ0) is 20.5. The number of hydrogen-bond donors (Lipinski definition) is 3. The molecule has 1 atom stereocenters. The number of benzene rings is 1. The van der Waals surface area contributed by atoms with Gasteiger partial charge in [-0.15, -0.1) is 0 Å². The van der Waals surface area contributed by atoms with Gasteiger partial charge in [0.2, 0.25) is 5.76 Å². The largest absolute Gasteiger partial charge is 0.484 e. The van der Waals surface area contributed by atoms with Gasteiger partial charge < -0.3 is 25.0 Å². The number of amides is 2. The lowest BCUT2D eigenvalue weighted by Crippen LogP contribution is -2.37. The molecular formula is C18H21ClFN3O5. The maximum Gasteiger partial charge on any atom is 0.289 e. The monoisotopic (exact) mass is 413 g/mol. The van der Waals surface area contributed by atoms with E-state index >= 15 is 0 Å². The summed E-state index contributed by atoms with van der Waals surface area (Å²) in [5.74, 6) is -1.28. The molecular weight excluding hydrogens is 393 g/mol. The fraction of sp³-hybridized carbons (Fsp3) is 0.389. The highest BCUT2D eigenvalue weighted by Gasteiger charge is 2.13. The molecule has 28 heavy (non-hydrogen) atoms. The number of aryl methyl sites for hydroxylation is 1. The normalized spacial score (nSPS) is 11.7. The third kappa shape index (κ3) is 6.82. The number of ether oxygens (including phenoxy) is 1. The molecule has 0 radical (unpaired) electrons. The number of carbonyl (C=O) groups is 2. The van der Waals surface area contributed by atoms with E-state index in [4.69, 9.17) is 20.9 Å². The standard InChI is InChI=1S/C18H21ClFN3O5/c1-2-11-7-16(28-23-11)18(26)21-6-5-12(24)9-22-17(25)10-27-13-3-4-14(19)15(20)8-13/h3-4,7-8,12,24H,2,5-6,9-10H2,1H3,(H,21,26)(H,22,25). The van der Waals surface area contributed by atoms with Crippen LogP contribution in [-0.4, -0.2) is 47.9 Å². The van der Waals surface area contributed by atoms with Crippen LogP contribution in [0.4, 0.5) is 4.39 Å². The molecule has 3 N–H and O–H groups in total. The molecule has 0 fully saturated rings. The quantitative estimate of drug-likeness (QED) is 0.546. The lowest BCUT2D eigenvalue weighted by molar-refractivity contribution is -0.123. The summed E-state index contributed by atoms with van der Waals surface area (Å²) in [6.45, 7) is 1.73. The van der Waals surface area contributed by atoms with Crippen molar-refractivity contribution in [1.82, 2.24) is 15.8 Å². The number of aliphatic hydroxyl groups is 1. The second-order valence-corrected chi connectivity index (χ2v) is 6.31. The Bertz CT molecular complexity index is 814. The predicted octanol–water partition coefficient (Wildman–Crippen LogP) is 1.71. The molecule has 2 aromatic rings. The molecule has 0 aliphatic rings. The Labute approximate surface area is 166 Å². The van der Waals surface area contributed by atoms with Crippen molar-refractivity contribution >= 4 is 23.4 Å². The average molecular weight is 414 g/mol. The van der Waals surface area contributed by atoms with Gasteiger partial charge in [-0.25, -0.2) is 4.39 Å². The minimum Gasteiger partial charge on any atom is -0.484 e. The van der Waals surface area contributed by atoms with E-state index < -0.39 is 23.7 Å². The van der Waals surface area contributed by atoms with Crippen LogP contribution in [0.2, 0.25) is 5.02 Å². The molecule has 0 aliphatic carbocycles. The SMILES string of the molecule is CCc1cc(C(=O)NCCC(O)CNC(=O)COc2ccc(Cl)c(F)c2)on1. The first-order valence-corrected chi connectivity index (χ1v) is 9.03. The van der Waals surface area contributed by atoms with E-state index in [0.717, 1.165) is 6.07 Å². The van der Waals surface area contributed by atoms with Gasteiger partial charge in [-0.2, -0.15) is 0 Å². The van der Waals surface area contributed by atoms with Crippen molar-refractivity contribution in [3.63, 3.8) is 0 Å². The van der Waals surface area contributed by atoms with Gasteiger partial charge in [0.1, 0.15) is 11.6 Å². The summed E-state index contributed by atoms with van der Waals surface area (Å²) in [4.78, 5) is 23.6. The van der Waals surface area contributed by atoms with Gasteiger partial charge in [-0.05, 0) is 25.0 Å². The fourth-order valence-electron chi connectivity index (χ4n) is 2.13. The van der Waals surface area contributed by atoms with Gasteiger partial charge in [0.05, 0.1) is 16.8 Å². The summed E-state index contributed by atoms with van der Waals surface area (Å²) < 4.78 is 23.3. The number of halogens is 2. The average Bonchev–Trinajstić information content (AvgIpc) is 3.16. The number of aliphatic hydroxyl groups excluding tert-OH is 1. The van der Waals surface area contributed by atoms with Crippen molar-refractivity contribution in [2.24, 2.45) is 0 Å². The maximum atomic E-state index is 13.3. The lowest BCUT2D eigenvalue weighted by atomic mass is 10.2. The molecule has 1 unspecified atom stereocenters. The van der Waals surface area contributed by atoms with Crippen molar-refractivity contribution in [2.75, 3.05) is 19.7 Å². The number of aromatic nitrogens is 1. The summed E-state index contributed by atoms with van der Waals surface area (Å²) in [6.07, 6.45) is 0.0220. The van der Waals surface area contributed by atoms with Gasteiger partial charge in [0.15, 0.2) is 6.61 Å². The highest BCUT2D eigenvalue weighted by molar-refractivity contribution is 6.30. The molecule has 0 bridgehead atoms. The summed E-state index contributed by atoms with van der Waals surface area (Å²) in [5, 5.41) is 18.6. The molecule has 2 rings (SSSR count). The Balaban J connectivity index is 1.62. The Morgan fingerprint density at radius 3 is 2.82 bits per heavy atom. The zero-order valence-corrected chi connectivity index (χ0v) is 16.0. The Morgan fingerprint density at radius 1 is 1.36 bits per heavy atom. The molecule has 8 nitrogen and oxygen atoms in total. The van der Waals surface area contributed by atoms with E-state index in [9.17, 15) is 19.1 Å². The van der Waals surface area contributed by atoms with Crippen molar-refractivity contribution < 1.29 is 28.3 Å². The van der Waals surface area contributed by atoms with Gasteiger partial charge in [-0.1, -0.05) is 23.7 Å². The summed E-state index contributed by atoms with van der Waals surface area (Å²) in [6, 6.07) is 5.39. The van der Waals surface area contributed by atoms with Crippen LogP contribution in [0.15, 0.2) is 28.8 Å². The van der Waals surface area contributed by atoms with Gasteiger partial charge >= 0.3 is 0 Å². The van der Waals surface area contributed by atoms with Crippen LogP contribution in [0.3, 0.4) is 0 Å². The Kier molecular flexibility index (Phi) is 8.21. The van der Waals surface area contributed by atoms with Crippen molar-refractivity contribution in [1.29, 1.82) is 0 Å². The Morgan fingerprint density at radius 2 is 2.14 bits per heavy atom. The lowest BCUT2D eigenvalue weighted by Gasteiger charge is -2.12. The third-order valence-corrected chi connectivity index (χ3v) is 4.01. The first kappa shape index (κ1) is 21.6. The van der Waals surface area contributed by atoms with E-state index in [1.807, 2.05) is 6.92 Å². The van der Waals surface area contributed by atoms with E-state index in [0.29, 0.717) is 12.1 Å². The number of carbonyl (C=O) groups excluding carboxylic acids is 2. The molecule has 1 aromatic heterocycles. The molecule has 0 saturated heterocycles. The van der Waals surface area contributed by atoms with Crippen LogP contribution in [0.1, 0.15) is 29.6 Å². The summed E-state index contributed by atoms with van der Waals surface area (Å²) >= 11 is 5.56. The maximum absolute atomic E-state index is 13.3. The number of hydrogen-bond acceptors (Lipinski definition) is 6. The number of nitrogens with one attached hydrogen (secondary N) is 2. The molecule has 1 aromatic carbocycles. The van der Waals surface area contributed by atoms with Gasteiger partial charge in [0.25, 0.3) is 11.8 Å². The first-order chi connectivity index (χ1) is 13.4. The molecule has 152 valence electrons. The van der Waals surface area contributed by atoms with E-state index in [1.54, 1.807) is 6.07 Å². The Hall–Kier alpha value is -2.65. The molecule has 2 amide bonds. The molecule has 0 aliphatic heterocycles. The van der Waals surface area contributed by atoms with E-state index in [-0.39, 0.29) is 42.6 Å². The number of nitrogens with zero attached hydrogens (tertiary/aromatic N) is 1. The molecule has 10 heteroatoms. The topological polar surface area (TPSA) is 114 Å². The number of rotatable bonds is 10. The van der Waals surface area contributed by atoms with Crippen LogP contribution in [0.5, 0.6) is 5.75 Å². The third-order valence-electron chi connectivity index (χ3n) is 3.70. The highest BCUT2D eigenvalue weighted by atomic mass is 35.5. The van der Waals surface area contributed by atoms with Crippen LogP contribution in [-0.2, 0) is 11.2 Å². The van der Waals surface area contributed by atoms with E-state index in [2.05, 4.69) is 15.8 Å². The second-order valence-electron chi connectivity index (χ2n) is 5.90. The predicted molar refractivity (Wildman–Crippen MR) is 98.8 cm³/mol. The van der Waals surface area contributed by atoms with E-state index in [1.165, 1.54) is 12.1 Å². The molecule has 1 heterocycles.